The van der Waals surface area contributed by atoms with Crippen molar-refractivity contribution in [1.29, 1.82) is 0 Å². The van der Waals surface area contributed by atoms with Crippen LogP contribution in [-0.2, 0) is 16.0 Å². The van der Waals surface area contributed by atoms with Gasteiger partial charge in [-0.3, -0.25) is 19.8 Å². The van der Waals surface area contributed by atoms with Gasteiger partial charge in [-0.1, -0.05) is 65.7 Å². The predicted molar refractivity (Wildman–Crippen MR) is 134 cm³/mol. The Balaban J connectivity index is 1.53. The van der Waals surface area contributed by atoms with E-state index >= 15 is 0 Å². The number of anilines is 1. The molecule has 0 aliphatic rings. The van der Waals surface area contributed by atoms with Crippen molar-refractivity contribution in [3.8, 4) is 0 Å². The van der Waals surface area contributed by atoms with Crippen LogP contribution in [0.3, 0.4) is 0 Å². The summed E-state index contributed by atoms with van der Waals surface area (Å²) in [5, 5.41) is 6.76. The first kappa shape index (κ1) is 23.4. The molecular formula is C25H20Cl2N4O3. The minimum atomic E-state index is -0.910. The highest BCUT2D eigenvalue weighted by Gasteiger charge is 2.21. The van der Waals surface area contributed by atoms with E-state index in [-0.39, 0.29) is 12.2 Å². The van der Waals surface area contributed by atoms with Gasteiger partial charge >= 0.3 is 11.8 Å². The summed E-state index contributed by atoms with van der Waals surface area (Å²) < 4.78 is 1.26. The summed E-state index contributed by atoms with van der Waals surface area (Å²) in [6, 6.07) is 22.9. The highest BCUT2D eigenvalue weighted by Crippen LogP contribution is 2.25. The van der Waals surface area contributed by atoms with Crippen LogP contribution in [-0.4, -0.2) is 28.9 Å². The first-order valence-electron chi connectivity index (χ1n) is 10.4. The van der Waals surface area contributed by atoms with E-state index in [1.807, 2.05) is 30.3 Å². The fourth-order valence-electron chi connectivity index (χ4n) is 3.42. The van der Waals surface area contributed by atoms with Gasteiger partial charge in [-0.15, -0.1) is 0 Å². The number of benzene rings is 3. The molecule has 9 heteroatoms. The molecule has 4 rings (SSSR count). The van der Waals surface area contributed by atoms with Crippen LogP contribution in [0.2, 0.25) is 10.0 Å². The highest BCUT2D eigenvalue weighted by atomic mass is 35.5. The Bertz CT molecular complexity index is 1370. The number of carbonyl (C=O) groups excluding carboxylic acids is 3. The third-order valence-corrected chi connectivity index (χ3v) is 5.64. The van der Waals surface area contributed by atoms with Crippen molar-refractivity contribution in [1.82, 2.24) is 9.99 Å². The molecule has 0 radical (unpaired) electrons. The standard InChI is InChI=1S/C25H20Cl2N4O3/c26-18-10-11-21-17(14-18)15-22(23(32)29-20-9-5-4-8-19(20)27)31(21)30-25(34)24(33)28-13-12-16-6-2-1-3-7-16/h1-11,14-15H,12-13H2,(H,28,33)(H,29,32)(H,30,34). The van der Waals surface area contributed by atoms with Crippen molar-refractivity contribution in [2.45, 2.75) is 6.42 Å². The quantitative estimate of drug-likeness (QED) is 0.341. The molecule has 0 aliphatic heterocycles. The van der Waals surface area contributed by atoms with E-state index in [1.165, 1.54) is 4.68 Å². The van der Waals surface area contributed by atoms with E-state index in [1.54, 1.807) is 48.5 Å². The van der Waals surface area contributed by atoms with Gasteiger partial charge in [0.2, 0.25) is 0 Å². The lowest BCUT2D eigenvalue weighted by Crippen LogP contribution is -2.40. The Morgan fingerprint density at radius 2 is 1.56 bits per heavy atom. The summed E-state index contributed by atoms with van der Waals surface area (Å²) in [5.74, 6) is -2.25. The molecule has 0 bridgehead atoms. The molecule has 0 saturated carbocycles. The number of halogens is 2. The van der Waals surface area contributed by atoms with Crippen LogP contribution in [0.15, 0.2) is 78.9 Å². The second kappa shape index (κ2) is 10.4. The number of nitrogens with one attached hydrogen (secondary N) is 3. The number of amides is 3. The van der Waals surface area contributed by atoms with E-state index in [4.69, 9.17) is 23.2 Å². The molecule has 172 valence electrons. The number of rotatable bonds is 6. The lowest BCUT2D eigenvalue weighted by molar-refractivity contribution is -0.136. The molecule has 3 aromatic carbocycles. The maximum Gasteiger partial charge on any atom is 0.328 e. The average molecular weight is 495 g/mol. The Kier molecular flexibility index (Phi) is 7.15. The predicted octanol–water partition coefficient (Wildman–Crippen LogP) is 4.63. The molecule has 0 unspecified atom stereocenters. The zero-order valence-corrected chi connectivity index (χ0v) is 19.4. The summed E-state index contributed by atoms with van der Waals surface area (Å²) >= 11 is 12.2. The normalized spacial score (nSPS) is 10.6. The van der Waals surface area contributed by atoms with Crippen molar-refractivity contribution in [3.05, 3.63) is 100 Å². The van der Waals surface area contributed by atoms with Crippen LogP contribution >= 0.6 is 23.2 Å². The number of aromatic nitrogens is 1. The summed E-state index contributed by atoms with van der Waals surface area (Å²) in [6.45, 7) is 0.290. The monoisotopic (exact) mass is 494 g/mol. The van der Waals surface area contributed by atoms with E-state index in [2.05, 4.69) is 16.1 Å². The summed E-state index contributed by atoms with van der Waals surface area (Å²) in [5.41, 5.74) is 4.56. The molecule has 1 heterocycles. The van der Waals surface area contributed by atoms with Crippen LogP contribution in [0.1, 0.15) is 16.1 Å². The molecule has 7 nitrogen and oxygen atoms in total. The first-order chi connectivity index (χ1) is 16.4. The zero-order valence-electron chi connectivity index (χ0n) is 17.8. The first-order valence-corrected chi connectivity index (χ1v) is 11.2. The number of carbonyl (C=O) groups is 3. The Labute approximate surface area is 205 Å². The van der Waals surface area contributed by atoms with Gasteiger partial charge in [0.15, 0.2) is 0 Å². The van der Waals surface area contributed by atoms with Gasteiger partial charge in [-0.2, -0.15) is 0 Å². The van der Waals surface area contributed by atoms with Gasteiger partial charge in [-0.25, -0.2) is 4.68 Å². The Morgan fingerprint density at radius 1 is 0.824 bits per heavy atom. The van der Waals surface area contributed by atoms with Crippen LogP contribution in [0.4, 0.5) is 5.69 Å². The second-order valence-corrected chi connectivity index (χ2v) is 8.28. The van der Waals surface area contributed by atoms with Gasteiger partial charge < -0.3 is 10.6 Å². The zero-order chi connectivity index (χ0) is 24.1. The van der Waals surface area contributed by atoms with E-state index in [0.717, 1.165) is 5.56 Å². The van der Waals surface area contributed by atoms with E-state index in [9.17, 15) is 14.4 Å². The molecule has 4 aromatic rings. The number of para-hydroxylation sites is 1. The Morgan fingerprint density at radius 3 is 2.32 bits per heavy atom. The van der Waals surface area contributed by atoms with Crippen molar-refractivity contribution < 1.29 is 14.4 Å². The lowest BCUT2D eigenvalue weighted by atomic mass is 10.1. The van der Waals surface area contributed by atoms with Gasteiger partial charge in [0.05, 0.1) is 16.2 Å². The summed E-state index contributed by atoms with van der Waals surface area (Å²) in [4.78, 5) is 38.1. The third kappa shape index (κ3) is 5.39. The van der Waals surface area contributed by atoms with Gasteiger partial charge in [0.1, 0.15) is 5.69 Å². The average Bonchev–Trinajstić information content (AvgIpc) is 3.18. The fraction of sp³-hybridized carbons (Fsp3) is 0.0800. The van der Waals surface area contributed by atoms with Gasteiger partial charge in [-0.05, 0) is 48.4 Å². The van der Waals surface area contributed by atoms with Gasteiger partial charge in [0, 0.05) is 17.0 Å². The van der Waals surface area contributed by atoms with Crippen molar-refractivity contribution >= 4 is 57.5 Å². The largest absolute Gasteiger partial charge is 0.347 e. The van der Waals surface area contributed by atoms with Crippen molar-refractivity contribution in [3.63, 3.8) is 0 Å². The minimum Gasteiger partial charge on any atom is -0.347 e. The van der Waals surface area contributed by atoms with Crippen LogP contribution in [0.25, 0.3) is 10.9 Å². The lowest BCUT2D eigenvalue weighted by Gasteiger charge is -2.13. The summed E-state index contributed by atoms with van der Waals surface area (Å²) in [7, 11) is 0. The number of fused-ring (bicyclic) bond motifs is 1. The molecule has 0 spiro atoms. The smallest absolute Gasteiger partial charge is 0.328 e. The molecule has 1 aromatic heterocycles. The number of nitrogens with zero attached hydrogens (tertiary/aromatic N) is 1. The Hall–Kier alpha value is -3.81. The second-order valence-electron chi connectivity index (χ2n) is 7.43. The van der Waals surface area contributed by atoms with Crippen molar-refractivity contribution in [2.75, 3.05) is 17.3 Å². The maximum atomic E-state index is 13.0. The van der Waals surface area contributed by atoms with Crippen LogP contribution < -0.4 is 16.1 Å². The maximum absolute atomic E-state index is 13.0. The fourth-order valence-corrected chi connectivity index (χ4v) is 3.78. The van der Waals surface area contributed by atoms with Gasteiger partial charge in [0.25, 0.3) is 5.91 Å². The minimum absolute atomic E-state index is 0.0996. The molecule has 0 saturated heterocycles. The molecule has 0 atom stereocenters. The molecule has 0 fully saturated rings. The van der Waals surface area contributed by atoms with E-state index < -0.39 is 17.7 Å². The third-order valence-electron chi connectivity index (χ3n) is 5.08. The molecule has 0 aliphatic carbocycles. The van der Waals surface area contributed by atoms with Crippen LogP contribution in [0, 0.1) is 0 Å². The van der Waals surface area contributed by atoms with Crippen molar-refractivity contribution in [2.24, 2.45) is 0 Å². The highest BCUT2D eigenvalue weighted by molar-refractivity contribution is 6.38. The topological polar surface area (TPSA) is 92.2 Å². The summed E-state index contributed by atoms with van der Waals surface area (Å²) in [6.07, 6.45) is 0.580. The van der Waals surface area contributed by atoms with Crippen LogP contribution in [0.5, 0.6) is 0 Å². The molecule has 34 heavy (non-hydrogen) atoms. The molecule has 3 N–H and O–H groups in total. The molecule has 3 amide bonds. The SMILES string of the molecule is O=C(NCCc1ccccc1)C(=O)Nn1c(C(=O)Nc2ccccc2Cl)cc2cc(Cl)ccc21. The van der Waals surface area contributed by atoms with E-state index in [0.29, 0.717) is 33.1 Å². The number of hydrogen-bond donors (Lipinski definition) is 3. The molecular weight excluding hydrogens is 475 g/mol. The number of hydrogen-bond acceptors (Lipinski definition) is 3.